The van der Waals surface area contributed by atoms with Crippen molar-refractivity contribution in [1.29, 1.82) is 0 Å². The third-order valence-electron chi connectivity index (χ3n) is 2.38. The molecule has 0 radical (unpaired) electrons. The molecule has 1 aliphatic heterocycles. The number of nitrogens with zero attached hydrogens (tertiary/aromatic N) is 1. The number of aliphatic hydroxyl groups excluding tert-OH is 1. The van der Waals surface area contributed by atoms with Gasteiger partial charge in [-0.2, -0.15) is 5.10 Å². The largest absolute Gasteiger partial charge is 0.383 e. The second-order valence-corrected chi connectivity index (χ2v) is 3.62. The van der Waals surface area contributed by atoms with E-state index in [4.69, 9.17) is 0 Å². The molecule has 0 aliphatic carbocycles. The highest BCUT2D eigenvalue weighted by Gasteiger charge is 2.22. The van der Waals surface area contributed by atoms with Crippen LogP contribution < -0.4 is 5.43 Å². The Morgan fingerprint density at radius 3 is 2.67 bits per heavy atom. The van der Waals surface area contributed by atoms with Crippen LogP contribution >= 0.6 is 0 Å². The molecule has 0 spiro atoms. The van der Waals surface area contributed by atoms with Gasteiger partial charge in [0, 0.05) is 6.42 Å². The lowest BCUT2D eigenvalue weighted by atomic mass is 10.0. The molecule has 0 fully saturated rings. The highest BCUT2D eigenvalue weighted by molar-refractivity contribution is 6.05. The fourth-order valence-electron chi connectivity index (χ4n) is 1.45. The zero-order valence-electron chi connectivity index (χ0n) is 8.40. The third kappa shape index (κ3) is 2.05. The van der Waals surface area contributed by atoms with E-state index in [1.54, 1.807) is 0 Å². The van der Waals surface area contributed by atoms with Gasteiger partial charge in [-0.25, -0.2) is 5.43 Å². The molecular weight excluding hydrogens is 192 g/mol. The quantitative estimate of drug-likeness (QED) is 0.703. The number of carbonyl (C=O) groups is 1. The van der Waals surface area contributed by atoms with Gasteiger partial charge in [-0.15, -0.1) is 0 Å². The summed E-state index contributed by atoms with van der Waals surface area (Å²) in [6.07, 6.45) is -0.715. The molecule has 0 bridgehead atoms. The van der Waals surface area contributed by atoms with E-state index in [0.717, 1.165) is 5.56 Å². The van der Waals surface area contributed by atoms with Crippen molar-refractivity contribution in [2.24, 2.45) is 5.10 Å². The Morgan fingerprint density at radius 2 is 2.07 bits per heavy atom. The van der Waals surface area contributed by atoms with Gasteiger partial charge >= 0.3 is 0 Å². The van der Waals surface area contributed by atoms with Crippen molar-refractivity contribution in [1.82, 2.24) is 5.43 Å². The molecule has 1 atom stereocenters. The van der Waals surface area contributed by atoms with Gasteiger partial charge in [-0.3, -0.25) is 4.79 Å². The Morgan fingerprint density at radius 1 is 1.40 bits per heavy atom. The highest BCUT2D eigenvalue weighted by Crippen LogP contribution is 2.11. The molecule has 0 saturated carbocycles. The lowest BCUT2D eigenvalue weighted by Crippen LogP contribution is -2.38. The average molecular weight is 204 g/mol. The van der Waals surface area contributed by atoms with Crippen LogP contribution in [-0.4, -0.2) is 22.8 Å². The first-order valence-electron chi connectivity index (χ1n) is 4.78. The number of aryl methyl sites for hydroxylation is 1. The normalized spacial score (nSPS) is 20.8. The number of amides is 1. The van der Waals surface area contributed by atoms with Gasteiger partial charge in [0.15, 0.2) is 0 Å². The number of hydrogen-bond acceptors (Lipinski definition) is 3. The van der Waals surface area contributed by atoms with Gasteiger partial charge in [0.05, 0.1) is 5.71 Å². The van der Waals surface area contributed by atoms with E-state index in [1.807, 2.05) is 31.2 Å². The highest BCUT2D eigenvalue weighted by atomic mass is 16.3. The summed E-state index contributed by atoms with van der Waals surface area (Å²) in [5.74, 6) is -0.439. The second-order valence-electron chi connectivity index (χ2n) is 3.62. The number of nitrogens with one attached hydrogen (secondary N) is 1. The van der Waals surface area contributed by atoms with Crippen molar-refractivity contribution in [2.75, 3.05) is 0 Å². The fraction of sp³-hybridized carbons (Fsp3) is 0.273. The van der Waals surface area contributed by atoms with Crippen LogP contribution in [0.15, 0.2) is 29.4 Å². The van der Waals surface area contributed by atoms with E-state index < -0.39 is 12.0 Å². The summed E-state index contributed by atoms with van der Waals surface area (Å²) < 4.78 is 0. The van der Waals surface area contributed by atoms with Gasteiger partial charge in [0.2, 0.25) is 0 Å². The fourth-order valence-corrected chi connectivity index (χ4v) is 1.45. The van der Waals surface area contributed by atoms with Gasteiger partial charge in [0.1, 0.15) is 6.10 Å². The maximum absolute atomic E-state index is 11.0. The maximum Gasteiger partial charge on any atom is 0.269 e. The number of benzene rings is 1. The summed E-state index contributed by atoms with van der Waals surface area (Å²) in [6.45, 7) is 2.00. The van der Waals surface area contributed by atoms with Crippen LogP contribution in [0.1, 0.15) is 17.5 Å². The molecule has 0 aromatic heterocycles. The molecular formula is C11H12N2O2. The summed E-state index contributed by atoms with van der Waals surface area (Å²) in [7, 11) is 0. The smallest absolute Gasteiger partial charge is 0.269 e. The van der Waals surface area contributed by atoms with E-state index >= 15 is 0 Å². The number of rotatable bonds is 1. The van der Waals surface area contributed by atoms with Crippen molar-refractivity contribution < 1.29 is 9.90 Å². The molecule has 2 N–H and O–H groups in total. The van der Waals surface area contributed by atoms with Crippen molar-refractivity contribution >= 4 is 11.6 Å². The number of aliphatic hydroxyl groups is 1. The van der Waals surface area contributed by atoms with Crippen molar-refractivity contribution in [3.8, 4) is 0 Å². The predicted octanol–water partition coefficient (Wildman–Crippen LogP) is 0.580. The lowest BCUT2D eigenvalue weighted by Gasteiger charge is -2.16. The Bertz CT molecular complexity index is 409. The third-order valence-corrected chi connectivity index (χ3v) is 2.38. The Kier molecular flexibility index (Phi) is 2.51. The van der Waals surface area contributed by atoms with Crippen LogP contribution in [0.25, 0.3) is 0 Å². The molecule has 1 heterocycles. The van der Waals surface area contributed by atoms with Crippen molar-refractivity contribution in [2.45, 2.75) is 19.4 Å². The number of hydrazone groups is 1. The molecule has 0 saturated heterocycles. The molecule has 15 heavy (non-hydrogen) atoms. The summed E-state index contributed by atoms with van der Waals surface area (Å²) in [5.41, 5.74) is 5.10. The van der Waals surface area contributed by atoms with Crippen molar-refractivity contribution in [3.63, 3.8) is 0 Å². The molecule has 2 rings (SSSR count). The van der Waals surface area contributed by atoms with Gasteiger partial charge in [-0.1, -0.05) is 29.8 Å². The second kappa shape index (κ2) is 3.82. The van der Waals surface area contributed by atoms with Crippen molar-refractivity contribution in [3.05, 3.63) is 35.4 Å². The molecule has 1 aromatic carbocycles. The Hall–Kier alpha value is -1.68. The Labute approximate surface area is 87.6 Å². The van der Waals surface area contributed by atoms with Crippen LogP contribution in [0.3, 0.4) is 0 Å². The molecule has 4 nitrogen and oxygen atoms in total. The van der Waals surface area contributed by atoms with E-state index in [9.17, 15) is 9.90 Å². The standard InChI is InChI=1S/C11H12N2O2/c1-7-2-4-8(5-3-7)9-6-10(14)11(15)13-12-9/h2-5,10,14H,6H2,1H3,(H,13,15). The topological polar surface area (TPSA) is 61.7 Å². The lowest BCUT2D eigenvalue weighted by molar-refractivity contribution is -0.129. The average Bonchev–Trinajstić information content (AvgIpc) is 2.23. The zero-order valence-corrected chi connectivity index (χ0v) is 8.40. The molecule has 1 aliphatic rings. The summed E-state index contributed by atoms with van der Waals surface area (Å²) in [4.78, 5) is 11.0. The van der Waals surface area contributed by atoms with Crippen LogP contribution in [0, 0.1) is 6.92 Å². The number of carbonyl (C=O) groups excluding carboxylic acids is 1. The molecule has 1 unspecified atom stereocenters. The van der Waals surface area contributed by atoms with E-state index in [-0.39, 0.29) is 6.42 Å². The minimum absolute atomic E-state index is 0.273. The van der Waals surface area contributed by atoms with Crippen LogP contribution in [-0.2, 0) is 4.79 Å². The molecule has 4 heteroatoms. The van der Waals surface area contributed by atoms with E-state index in [1.165, 1.54) is 5.56 Å². The summed E-state index contributed by atoms with van der Waals surface area (Å²) in [6, 6.07) is 7.80. The molecule has 78 valence electrons. The molecule has 1 amide bonds. The van der Waals surface area contributed by atoms with Crippen LogP contribution in [0.2, 0.25) is 0 Å². The SMILES string of the molecule is Cc1ccc(C2=NNC(=O)C(O)C2)cc1. The Balaban J connectivity index is 2.25. The van der Waals surface area contributed by atoms with Gasteiger partial charge in [-0.05, 0) is 12.5 Å². The van der Waals surface area contributed by atoms with Crippen LogP contribution in [0.4, 0.5) is 0 Å². The van der Waals surface area contributed by atoms with Crippen LogP contribution in [0.5, 0.6) is 0 Å². The minimum Gasteiger partial charge on any atom is -0.383 e. The van der Waals surface area contributed by atoms with Gasteiger partial charge < -0.3 is 5.11 Å². The molecule has 1 aromatic rings. The van der Waals surface area contributed by atoms with E-state index in [2.05, 4.69) is 10.5 Å². The number of hydrogen-bond donors (Lipinski definition) is 2. The zero-order chi connectivity index (χ0) is 10.8. The summed E-state index contributed by atoms with van der Waals surface area (Å²) >= 11 is 0. The first-order valence-corrected chi connectivity index (χ1v) is 4.78. The summed E-state index contributed by atoms with van der Waals surface area (Å²) in [5, 5.41) is 13.3. The maximum atomic E-state index is 11.0. The minimum atomic E-state index is -0.987. The predicted molar refractivity (Wildman–Crippen MR) is 56.5 cm³/mol. The van der Waals surface area contributed by atoms with E-state index in [0.29, 0.717) is 5.71 Å². The first-order chi connectivity index (χ1) is 7.16. The van der Waals surface area contributed by atoms with Gasteiger partial charge in [0.25, 0.3) is 5.91 Å². The first kappa shape index (κ1) is 9.86. The monoisotopic (exact) mass is 204 g/mol.